The van der Waals surface area contributed by atoms with Gasteiger partial charge in [0.15, 0.2) is 18.0 Å². The molecule has 4 atom stereocenters. The van der Waals surface area contributed by atoms with E-state index < -0.39 is 29.5 Å². The Balaban J connectivity index is 2.13. The summed E-state index contributed by atoms with van der Waals surface area (Å²) in [6, 6.07) is 0. The number of guanidine groups is 1. The van der Waals surface area contributed by atoms with Crippen LogP contribution in [0.2, 0.25) is 0 Å². The summed E-state index contributed by atoms with van der Waals surface area (Å²) in [5.74, 6) is 4.82. The van der Waals surface area contributed by atoms with E-state index in [1.54, 1.807) is 0 Å². The van der Waals surface area contributed by atoms with Crippen LogP contribution in [0.4, 0.5) is 10.2 Å². The van der Waals surface area contributed by atoms with E-state index in [9.17, 15) is 10.2 Å². The smallest absolute Gasteiger partial charge is 0.243 e. The molecule has 3 heterocycles. The molecule has 25 heavy (non-hydrogen) atoms. The number of ether oxygens (including phenoxy) is 1. The van der Waals surface area contributed by atoms with Crippen molar-refractivity contribution in [2.24, 2.45) is 10.7 Å². The highest BCUT2D eigenvalue weighted by atomic mass is 19.1. The summed E-state index contributed by atoms with van der Waals surface area (Å²) in [5, 5.41) is 20.3. The van der Waals surface area contributed by atoms with Gasteiger partial charge in [-0.25, -0.2) is 9.37 Å². The van der Waals surface area contributed by atoms with Crippen molar-refractivity contribution in [2.45, 2.75) is 36.4 Å². The van der Waals surface area contributed by atoms with Crippen molar-refractivity contribution in [2.75, 3.05) is 0 Å². The van der Waals surface area contributed by atoms with Crippen LogP contribution in [0.3, 0.4) is 0 Å². The van der Waals surface area contributed by atoms with Crippen molar-refractivity contribution in [3.05, 3.63) is 18.6 Å². The van der Waals surface area contributed by atoms with E-state index in [0.29, 0.717) is 11.4 Å². The number of hydrogen-bond donors (Lipinski definition) is 4. The number of aliphatic imine (C=N–C) groups is 1. The van der Waals surface area contributed by atoms with Gasteiger partial charge in [0.05, 0.1) is 12.0 Å². The molecule has 2 aliphatic heterocycles. The first-order valence-electron chi connectivity index (χ1n) is 7.23. The lowest BCUT2D eigenvalue weighted by Crippen LogP contribution is -2.52. The second-order valence-electron chi connectivity index (χ2n) is 5.81. The lowest BCUT2D eigenvalue weighted by molar-refractivity contribution is -0.0744. The van der Waals surface area contributed by atoms with Crippen LogP contribution in [0.1, 0.15) is 18.8 Å². The molecule has 5 N–H and O–H groups in total. The van der Waals surface area contributed by atoms with Gasteiger partial charge in [-0.1, -0.05) is 12.5 Å². The van der Waals surface area contributed by atoms with Crippen molar-refractivity contribution >= 4 is 33.2 Å². The molecule has 126 valence electrons. The molecule has 3 rings (SSSR count). The van der Waals surface area contributed by atoms with Crippen LogP contribution < -0.4 is 11.1 Å². The minimum Gasteiger partial charge on any atom is -0.406 e. The molecule has 4 radical (unpaired) electrons. The summed E-state index contributed by atoms with van der Waals surface area (Å²) in [5.41, 5.74) is 3.71. The standard InChI is InChI=1S/C14H14B2FN5O3/c1-3-4-13(17)8(23)9(14(15,16)24)25-11(13)22-5-19-7-6(2)20-12(18)21-10(7)22/h5,8-9,11,23-24H,2H2,1H3,(H3,18,20,21)/t8?,9?,11-,13-/m1/s1. The predicted molar refractivity (Wildman–Crippen MR) is 89.3 cm³/mol. The van der Waals surface area contributed by atoms with Gasteiger partial charge in [-0.2, -0.15) is 4.99 Å². The zero-order chi connectivity index (χ0) is 18.6. The van der Waals surface area contributed by atoms with E-state index in [2.05, 4.69) is 33.7 Å². The number of imidazole rings is 1. The number of aromatic nitrogens is 2. The quantitative estimate of drug-likeness (QED) is 0.379. The normalized spacial score (nSPS) is 31.6. The van der Waals surface area contributed by atoms with Gasteiger partial charge in [0, 0.05) is 5.40 Å². The number of nitrogens with one attached hydrogen (secondary N) is 1. The molecule has 11 heteroatoms. The van der Waals surface area contributed by atoms with Crippen molar-refractivity contribution in [1.82, 2.24) is 14.9 Å². The first kappa shape index (κ1) is 17.5. The van der Waals surface area contributed by atoms with Crippen LogP contribution in [0.5, 0.6) is 0 Å². The fourth-order valence-corrected chi connectivity index (χ4v) is 2.84. The maximum atomic E-state index is 15.5. The third kappa shape index (κ3) is 2.63. The molecule has 2 unspecified atom stereocenters. The molecule has 1 saturated heterocycles. The monoisotopic (exact) mass is 341 g/mol. The van der Waals surface area contributed by atoms with Gasteiger partial charge in [-0.05, 0) is 6.92 Å². The summed E-state index contributed by atoms with van der Waals surface area (Å²) in [6.45, 7) is 5.14. The van der Waals surface area contributed by atoms with Crippen molar-refractivity contribution in [1.29, 1.82) is 0 Å². The minimum atomic E-state index is -2.63. The van der Waals surface area contributed by atoms with Crippen molar-refractivity contribution < 1.29 is 19.3 Å². The van der Waals surface area contributed by atoms with E-state index in [4.69, 9.17) is 26.2 Å². The van der Waals surface area contributed by atoms with Crippen LogP contribution in [-0.2, 0) is 4.74 Å². The Kier molecular flexibility index (Phi) is 3.95. The lowest BCUT2D eigenvalue weighted by atomic mass is 9.60. The number of aliphatic hydroxyl groups excluding tert-OH is 1. The Labute approximate surface area is 145 Å². The fourth-order valence-electron chi connectivity index (χ4n) is 2.84. The van der Waals surface area contributed by atoms with Crippen LogP contribution in [-0.4, -0.2) is 64.7 Å². The first-order valence-corrected chi connectivity index (χ1v) is 7.23. The molecule has 0 aliphatic carbocycles. The van der Waals surface area contributed by atoms with Crippen LogP contribution in [0.15, 0.2) is 17.9 Å². The molecule has 2 aliphatic rings. The summed E-state index contributed by atoms with van der Waals surface area (Å²) in [6.07, 6.45) is -3.86. The van der Waals surface area contributed by atoms with Gasteiger partial charge in [0.2, 0.25) is 5.67 Å². The average Bonchev–Trinajstić information content (AvgIpc) is 3.00. The van der Waals surface area contributed by atoms with Gasteiger partial charge < -0.3 is 26.0 Å². The number of nitrogens with two attached hydrogens (primary N) is 1. The average molecular weight is 341 g/mol. The van der Waals surface area contributed by atoms with E-state index in [0.717, 1.165) is 0 Å². The highest BCUT2D eigenvalue weighted by molar-refractivity contribution is 6.39. The summed E-state index contributed by atoms with van der Waals surface area (Å²) < 4.78 is 22.2. The molecular formula is C14H14B2FN5O3. The third-order valence-corrected chi connectivity index (χ3v) is 3.94. The molecule has 0 spiro atoms. The Bertz CT molecular complexity index is 825. The van der Waals surface area contributed by atoms with E-state index in [1.807, 2.05) is 0 Å². The SMILES string of the molecule is [B]C([B])(O)C1O[C@@H](n2cnc3c2N=C(N)NC3=C)[C@@](F)(C#CC)C1O. The fraction of sp³-hybridized carbons (Fsp3) is 0.429. The highest BCUT2D eigenvalue weighted by Gasteiger charge is 2.61. The Hall–Kier alpha value is -2.28. The molecule has 1 aromatic heterocycles. The first-order chi connectivity index (χ1) is 11.6. The third-order valence-electron chi connectivity index (χ3n) is 3.94. The largest absolute Gasteiger partial charge is 0.406 e. The minimum absolute atomic E-state index is 0.0227. The number of rotatable bonds is 2. The van der Waals surface area contributed by atoms with E-state index in [-0.39, 0.29) is 11.8 Å². The van der Waals surface area contributed by atoms with Gasteiger partial charge in [0.1, 0.15) is 33.6 Å². The zero-order valence-electron chi connectivity index (χ0n) is 13.3. The number of nitrogens with zero attached hydrogens (tertiary/aromatic N) is 3. The van der Waals surface area contributed by atoms with Gasteiger partial charge >= 0.3 is 0 Å². The summed E-state index contributed by atoms with van der Waals surface area (Å²) in [7, 11) is 10.8. The Morgan fingerprint density at radius 1 is 1.60 bits per heavy atom. The molecule has 1 fully saturated rings. The maximum Gasteiger partial charge on any atom is 0.243 e. The number of aliphatic hydroxyl groups is 2. The molecular weight excluding hydrogens is 327 g/mol. The Morgan fingerprint density at radius 3 is 2.88 bits per heavy atom. The lowest BCUT2D eigenvalue weighted by Gasteiger charge is -2.29. The zero-order valence-corrected chi connectivity index (χ0v) is 13.3. The topological polar surface area (TPSA) is 118 Å². The van der Waals surface area contributed by atoms with Gasteiger partial charge in [0.25, 0.3) is 0 Å². The Morgan fingerprint density at radius 2 is 2.28 bits per heavy atom. The molecule has 1 aromatic rings. The summed E-state index contributed by atoms with van der Waals surface area (Å²) in [4.78, 5) is 8.15. The van der Waals surface area contributed by atoms with Gasteiger partial charge in [-0.3, -0.25) is 4.57 Å². The second kappa shape index (κ2) is 5.62. The van der Waals surface area contributed by atoms with Gasteiger partial charge in [-0.15, -0.1) is 5.92 Å². The maximum absolute atomic E-state index is 15.5. The molecule has 0 saturated carbocycles. The highest BCUT2D eigenvalue weighted by Crippen LogP contribution is 2.46. The van der Waals surface area contributed by atoms with Crippen LogP contribution >= 0.6 is 0 Å². The molecule has 0 aromatic carbocycles. The van der Waals surface area contributed by atoms with E-state index in [1.165, 1.54) is 17.8 Å². The molecule has 8 nitrogen and oxygen atoms in total. The number of fused-ring (bicyclic) bond motifs is 1. The predicted octanol–water partition coefficient (Wildman–Crippen LogP) is -1.62. The van der Waals surface area contributed by atoms with Crippen LogP contribution in [0, 0.1) is 11.8 Å². The summed E-state index contributed by atoms with van der Waals surface area (Å²) >= 11 is 0. The van der Waals surface area contributed by atoms with E-state index >= 15 is 4.39 Å². The second-order valence-corrected chi connectivity index (χ2v) is 5.81. The number of alkyl halides is 1. The van der Waals surface area contributed by atoms with Crippen molar-refractivity contribution in [3.8, 4) is 11.8 Å². The van der Waals surface area contributed by atoms with Crippen molar-refractivity contribution in [3.63, 3.8) is 0 Å². The van der Waals surface area contributed by atoms with Crippen LogP contribution in [0.25, 0.3) is 5.70 Å². The molecule has 0 bridgehead atoms. The number of halogens is 1. The number of hydrogen-bond acceptors (Lipinski definition) is 7. The molecule has 0 amide bonds.